The predicted molar refractivity (Wildman–Crippen MR) is 36.1 cm³/mol. The summed E-state index contributed by atoms with van der Waals surface area (Å²) in [5, 5.41) is 0. The van der Waals surface area contributed by atoms with Crippen LogP contribution >= 0.6 is 12.4 Å². The normalized spacial score (nSPS) is 7.78. The van der Waals surface area contributed by atoms with Crippen LogP contribution in [0.15, 0.2) is 0 Å². The fourth-order valence-electron chi connectivity index (χ4n) is 0.194. The molecule has 0 heterocycles. The van der Waals surface area contributed by atoms with Crippen molar-refractivity contribution in [2.24, 2.45) is 5.73 Å². The van der Waals surface area contributed by atoms with Crippen molar-refractivity contribution in [2.45, 2.75) is 6.92 Å². The molecule has 0 unspecified atom stereocenters. The smallest absolute Gasteiger partial charge is 0.257 e. The second-order valence-corrected chi connectivity index (χ2v) is 1.16. The first-order chi connectivity index (χ1) is 3.81. The second kappa shape index (κ2) is 7.68. The molecule has 0 bridgehead atoms. The molecule has 0 aromatic heterocycles. The fourth-order valence-corrected chi connectivity index (χ4v) is 0.194. The first kappa shape index (κ1) is 11.5. The standard InChI is InChI=1S/C4H10N2O2.ClH/c1-2-8-6-4(7)3-5;/h2-3,5H2,1H3,(H,6,7);1H. The molecule has 0 aromatic carbocycles. The molecule has 0 radical (unpaired) electrons. The van der Waals surface area contributed by atoms with Gasteiger partial charge in [-0.2, -0.15) is 0 Å². The zero-order valence-corrected chi connectivity index (χ0v) is 6.03. The summed E-state index contributed by atoms with van der Waals surface area (Å²) in [6.07, 6.45) is 0. The zero-order chi connectivity index (χ0) is 6.41. The maximum Gasteiger partial charge on any atom is 0.257 e. The Morgan fingerprint density at radius 2 is 2.33 bits per heavy atom. The molecule has 0 saturated heterocycles. The van der Waals surface area contributed by atoms with E-state index in [0.29, 0.717) is 6.61 Å². The van der Waals surface area contributed by atoms with Crippen molar-refractivity contribution in [3.05, 3.63) is 0 Å². The van der Waals surface area contributed by atoms with Crippen molar-refractivity contribution in [3.63, 3.8) is 0 Å². The molecule has 9 heavy (non-hydrogen) atoms. The molecule has 56 valence electrons. The van der Waals surface area contributed by atoms with Crippen molar-refractivity contribution in [1.29, 1.82) is 0 Å². The third-order valence-corrected chi connectivity index (χ3v) is 0.516. The lowest BCUT2D eigenvalue weighted by Crippen LogP contribution is -2.30. The average Bonchev–Trinajstić information content (AvgIpc) is 1.83. The largest absolute Gasteiger partial charge is 0.322 e. The minimum absolute atomic E-state index is 0. The number of amides is 1. The van der Waals surface area contributed by atoms with Gasteiger partial charge in [0.25, 0.3) is 5.91 Å². The van der Waals surface area contributed by atoms with Gasteiger partial charge in [0.2, 0.25) is 0 Å². The van der Waals surface area contributed by atoms with Crippen LogP contribution in [0, 0.1) is 0 Å². The van der Waals surface area contributed by atoms with Crippen LogP contribution in [0.2, 0.25) is 0 Å². The van der Waals surface area contributed by atoms with Gasteiger partial charge < -0.3 is 5.73 Å². The van der Waals surface area contributed by atoms with E-state index in [2.05, 4.69) is 10.3 Å². The lowest BCUT2D eigenvalue weighted by molar-refractivity contribution is -0.131. The third kappa shape index (κ3) is 7.68. The molecule has 0 rings (SSSR count). The molecule has 0 atom stereocenters. The van der Waals surface area contributed by atoms with Crippen LogP contribution in [0.3, 0.4) is 0 Å². The lowest BCUT2D eigenvalue weighted by atomic mass is 10.7. The Kier molecular flexibility index (Phi) is 9.79. The number of rotatable bonds is 3. The molecule has 0 spiro atoms. The highest BCUT2D eigenvalue weighted by atomic mass is 35.5. The summed E-state index contributed by atoms with van der Waals surface area (Å²) in [4.78, 5) is 14.7. The Labute approximate surface area is 60.1 Å². The molecule has 4 nitrogen and oxygen atoms in total. The van der Waals surface area contributed by atoms with E-state index >= 15 is 0 Å². The van der Waals surface area contributed by atoms with Gasteiger partial charge in [-0.1, -0.05) is 0 Å². The van der Waals surface area contributed by atoms with E-state index in [9.17, 15) is 4.79 Å². The van der Waals surface area contributed by atoms with E-state index in [-0.39, 0.29) is 24.9 Å². The molecule has 0 fully saturated rings. The summed E-state index contributed by atoms with van der Waals surface area (Å²) in [6, 6.07) is 0. The summed E-state index contributed by atoms with van der Waals surface area (Å²) < 4.78 is 0. The SMILES string of the molecule is CCONC(=O)CN.Cl. The van der Waals surface area contributed by atoms with Crippen LogP contribution in [-0.2, 0) is 9.63 Å². The zero-order valence-electron chi connectivity index (χ0n) is 5.22. The topological polar surface area (TPSA) is 64.3 Å². The van der Waals surface area contributed by atoms with Crippen LogP contribution in [0.4, 0.5) is 0 Å². The van der Waals surface area contributed by atoms with Gasteiger partial charge in [-0.05, 0) is 6.92 Å². The van der Waals surface area contributed by atoms with Crippen LogP contribution in [0.25, 0.3) is 0 Å². The Morgan fingerprint density at radius 1 is 1.78 bits per heavy atom. The first-order valence-electron chi connectivity index (χ1n) is 2.42. The van der Waals surface area contributed by atoms with Gasteiger partial charge in [-0.25, -0.2) is 5.48 Å². The van der Waals surface area contributed by atoms with Gasteiger partial charge in [-0.15, -0.1) is 12.4 Å². The number of carbonyl (C=O) groups is 1. The molecule has 0 aromatic rings. The highest BCUT2D eigenvalue weighted by molar-refractivity contribution is 5.85. The average molecular weight is 155 g/mol. The number of halogens is 1. The number of nitrogens with one attached hydrogen (secondary N) is 1. The summed E-state index contributed by atoms with van der Waals surface area (Å²) in [5.74, 6) is -0.299. The summed E-state index contributed by atoms with van der Waals surface area (Å²) in [7, 11) is 0. The Morgan fingerprint density at radius 3 is 2.67 bits per heavy atom. The summed E-state index contributed by atoms with van der Waals surface area (Å²) in [6.45, 7) is 2.21. The lowest BCUT2D eigenvalue weighted by Gasteiger charge is -1.98. The third-order valence-electron chi connectivity index (χ3n) is 0.516. The number of hydrogen-bond donors (Lipinski definition) is 2. The maximum atomic E-state index is 10.2. The van der Waals surface area contributed by atoms with Crippen molar-refractivity contribution < 1.29 is 9.63 Å². The molecule has 0 aliphatic heterocycles. The van der Waals surface area contributed by atoms with Crippen LogP contribution in [-0.4, -0.2) is 19.1 Å². The molecular weight excluding hydrogens is 144 g/mol. The number of hydroxylamine groups is 1. The van der Waals surface area contributed by atoms with Gasteiger partial charge in [0.05, 0.1) is 13.2 Å². The maximum absolute atomic E-state index is 10.2. The Hall–Kier alpha value is -0.320. The van der Waals surface area contributed by atoms with Crippen LogP contribution in [0.5, 0.6) is 0 Å². The van der Waals surface area contributed by atoms with E-state index in [1.807, 2.05) is 0 Å². The van der Waals surface area contributed by atoms with E-state index in [1.165, 1.54) is 0 Å². The molecule has 1 amide bonds. The number of nitrogens with two attached hydrogens (primary N) is 1. The first-order valence-corrected chi connectivity index (χ1v) is 2.42. The van der Waals surface area contributed by atoms with Crippen molar-refractivity contribution >= 4 is 18.3 Å². The van der Waals surface area contributed by atoms with Gasteiger partial charge in [0.1, 0.15) is 0 Å². The van der Waals surface area contributed by atoms with Crippen molar-refractivity contribution in [2.75, 3.05) is 13.2 Å². The highest BCUT2D eigenvalue weighted by Gasteiger charge is 1.91. The van der Waals surface area contributed by atoms with Crippen LogP contribution < -0.4 is 11.2 Å². The van der Waals surface area contributed by atoms with Gasteiger partial charge in [-0.3, -0.25) is 9.63 Å². The quantitative estimate of drug-likeness (QED) is 0.536. The predicted octanol–water partition coefficient (Wildman–Crippen LogP) is -0.565. The number of hydrogen-bond acceptors (Lipinski definition) is 3. The molecule has 0 saturated carbocycles. The minimum Gasteiger partial charge on any atom is -0.322 e. The van der Waals surface area contributed by atoms with E-state index < -0.39 is 0 Å². The monoisotopic (exact) mass is 154 g/mol. The van der Waals surface area contributed by atoms with E-state index in [0.717, 1.165) is 0 Å². The van der Waals surface area contributed by atoms with Gasteiger partial charge in [0, 0.05) is 0 Å². The van der Waals surface area contributed by atoms with Crippen LogP contribution in [0.1, 0.15) is 6.92 Å². The molecule has 3 N–H and O–H groups in total. The fraction of sp³-hybridized carbons (Fsp3) is 0.750. The van der Waals surface area contributed by atoms with Gasteiger partial charge >= 0.3 is 0 Å². The Balaban J connectivity index is 0. The van der Waals surface area contributed by atoms with Gasteiger partial charge in [0.15, 0.2) is 0 Å². The van der Waals surface area contributed by atoms with Crippen molar-refractivity contribution in [3.8, 4) is 0 Å². The molecule has 0 aliphatic carbocycles. The molecule has 5 heteroatoms. The summed E-state index contributed by atoms with van der Waals surface area (Å²) in [5.41, 5.74) is 7.04. The molecular formula is C4H11ClN2O2. The summed E-state index contributed by atoms with van der Waals surface area (Å²) >= 11 is 0. The van der Waals surface area contributed by atoms with E-state index in [1.54, 1.807) is 6.92 Å². The second-order valence-electron chi connectivity index (χ2n) is 1.16. The highest BCUT2D eigenvalue weighted by Crippen LogP contribution is 1.62. The van der Waals surface area contributed by atoms with E-state index in [4.69, 9.17) is 5.73 Å². The minimum atomic E-state index is -0.299. The number of carbonyl (C=O) groups excluding carboxylic acids is 1. The van der Waals surface area contributed by atoms with Crippen molar-refractivity contribution in [1.82, 2.24) is 5.48 Å². The Bertz CT molecular complexity index is 79.0. The molecule has 0 aliphatic rings.